The number of nitrogens with zero attached hydrogens (tertiary/aromatic N) is 1. The molecule has 2 nitrogen and oxygen atoms in total. The molecule has 1 heterocycles. The molecule has 0 spiro atoms. The van der Waals surface area contributed by atoms with E-state index in [1.54, 1.807) is 0 Å². The zero-order valence-electron chi connectivity index (χ0n) is 11.0. The Bertz CT molecular complexity index is 553. The van der Waals surface area contributed by atoms with Crippen LogP contribution in [0.25, 0.3) is 0 Å². The van der Waals surface area contributed by atoms with E-state index in [9.17, 15) is 0 Å². The molecule has 0 aliphatic rings. The average Bonchev–Trinajstić information content (AvgIpc) is 2.41. The van der Waals surface area contributed by atoms with E-state index in [1.165, 1.54) is 0 Å². The molecule has 100 valence electrons. The predicted molar refractivity (Wildman–Crippen MR) is 82.1 cm³/mol. The maximum atomic E-state index is 6.07. The molecule has 0 saturated carbocycles. The monoisotopic (exact) mass is 294 g/mol. The smallest absolute Gasteiger partial charge is 0.0595 e. The standard InChI is InChI=1S/C15H16Cl2N2/c1-3-15(11-5-7-13(16)14(17)8-11)19-12-6-4-10(2)18-9-12/h4-9,15,19H,3H2,1-2H3. The predicted octanol–water partition coefficient (Wildman–Crippen LogP) is 5.26. The summed E-state index contributed by atoms with van der Waals surface area (Å²) in [6, 6.07) is 9.95. The second-order valence-corrected chi connectivity index (χ2v) is 5.28. The van der Waals surface area contributed by atoms with E-state index in [2.05, 4.69) is 17.2 Å². The number of halogens is 2. The van der Waals surface area contributed by atoms with Gasteiger partial charge in [-0.15, -0.1) is 0 Å². The van der Waals surface area contributed by atoms with E-state index in [0.717, 1.165) is 23.4 Å². The van der Waals surface area contributed by atoms with Crippen LogP contribution in [-0.2, 0) is 0 Å². The zero-order chi connectivity index (χ0) is 13.8. The summed E-state index contributed by atoms with van der Waals surface area (Å²) in [6.07, 6.45) is 2.79. The highest BCUT2D eigenvalue weighted by Gasteiger charge is 2.11. The first kappa shape index (κ1) is 14.2. The van der Waals surface area contributed by atoms with Crippen LogP contribution < -0.4 is 5.32 Å². The van der Waals surface area contributed by atoms with Gasteiger partial charge >= 0.3 is 0 Å². The summed E-state index contributed by atoms with van der Waals surface area (Å²) in [4.78, 5) is 4.28. The molecule has 1 N–H and O–H groups in total. The minimum atomic E-state index is 0.194. The Labute approximate surface area is 123 Å². The molecule has 2 rings (SSSR count). The third-order valence-corrected chi connectivity index (χ3v) is 3.75. The molecule has 0 fully saturated rings. The lowest BCUT2D eigenvalue weighted by Crippen LogP contribution is -2.09. The second-order valence-electron chi connectivity index (χ2n) is 4.47. The van der Waals surface area contributed by atoms with Gasteiger partial charge in [-0.25, -0.2) is 0 Å². The maximum Gasteiger partial charge on any atom is 0.0595 e. The number of aromatic nitrogens is 1. The highest BCUT2D eigenvalue weighted by Crippen LogP contribution is 2.28. The summed E-state index contributed by atoms with van der Waals surface area (Å²) in [6.45, 7) is 4.10. The van der Waals surface area contributed by atoms with Crippen molar-refractivity contribution < 1.29 is 0 Å². The molecule has 1 atom stereocenters. The number of hydrogen-bond donors (Lipinski definition) is 1. The SMILES string of the molecule is CCC(Nc1ccc(C)nc1)c1ccc(Cl)c(Cl)c1. The molecule has 4 heteroatoms. The van der Waals surface area contributed by atoms with Crippen LogP contribution in [0.15, 0.2) is 36.5 Å². The molecule has 1 aromatic heterocycles. The van der Waals surface area contributed by atoms with Crippen LogP contribution in [0.5, 0.6) is 0 Å². The van der Waals surface area contributed by atoms with Crippen molar-refractivity contribution in [2.24, 2.45) is 0 Å². The van der Waals surface area contributed by atoms with Gasteiger partial charge in [0.15, 0.2) is 0 Å². The Morgan fingerprint density at radius 2 is 1.95 bits per heavy atom. The van der Waals surface area contributed by atoms with Gasteiger partial charge < -0.3 is 5.32 Å². The molecular formula is C15H16Cl2N2. The van der Waals surface area contributed by atoms with Crippen molar-refractivity contribution in [1.29, 1.82) is 0 Å². The Morgan fingerprint density at radius 1 is 1.16 bits per heavy atom. The van der Waals surface area contributed by atoms with Crippen LogP contribution in [0.1, 0.15) is 30.6 Å². The first-order chi connectivity index (χ1) is 9.10. The van der Waals surface area contributed by atoms with Gasteiger partial charge in [0.25, 0.3) is 0 Å². The van der Waals surface area contributed by atoms with Crippen molar-refractivity contribution in [1.82, 2.24) is 4.98 Å². The minimum absolute atomic E-state index is 0.194. The lowest BCUT2D eigenvalue weighted by molar-refractivity contribution is 0.748. The zero-order valence-corrected chi connectivity index (χ0v) is 12.5. The molecular weight excluding hydrogens is 279 g/mol. The topological polar surface area (TPSA) is 24.9 Å². The van der Waals surface area contributed by atoms with Gasteiger partial charge in [-0.3, -0.25) is 4.98 Å². The van der Waals surface area contributed by atoms with Gasteiger partial charge in [0.05, 0.1) is 28.0 Å². The lowest BCUT2D eigenvalue weighted by atomic mass is 10.0. The van der Waals surface area contributed by atoms with Crippen molar-refractivity contribution >= 4 is 28.9 Å². The number of hydrogen-bond acceptors (Lipinski definition) is 2. The highest BCUT2D eigenvalue weighted by atomic mass is 35.5. The quantitative estimate of drug-likeness (QED) is 0.832. The van der Waals surface area contributed by atoms with Crippen LogP contribution in [-0.4, -0.2) is 4.98 Å². The molecule has 0 saturated heterocycles. The van der Waals surface area contributed by atoms with Gasteiger partial charge in [0.1, 0.15) is 0 Å². The molecule has 1 unspecified atom stereocenters. The Kier molecular flexibility index (Phi) is 4.67. The molecule has 0 bridgehead atoms. The van der Waals surface area contributed by atoms with Crippen LogP contribution in [0, 0.1) is 6.92 Å². The van der Waals surface area contributed by atoms with E-state index in [1.807, 2.05) is 43.5 Å². The van der Waals surface area contributed by atoms with Gasteiger partial charge in [0.2, 0.25) is 0 Å². The molecule has 0 aliphatic heterocycles. The molecule has 0 aliphatic carbocycles. The van der Waals surface area contributed by atoms with E-state index >= 15 is 0 Å². The summed E-state index contributed by atoms with van der Waals surface area (Å²) in [5.41, 5.74) is 3.13. The van der Waals surface area contributed by atoms with E-state index < -0.39 is 0 Å². The highest BCUT2D eigenvalue weighted by molar-refractivity contribution is 6.42. The van der Waals surface area contributed by atoms with Crippen LogP contribution in [0.4, 0.5) is 5.69 Å². The number of nitrogens with one attached hydrogen (secondary N) is 1. The molecule has 2 aromatic rings. The van der Waals surface area contributed by atoms with Crippen molar-refractivity contribution in [3.05, 3.63) is 57.8 Å². The third-order valence-electron chi connectivity index (χ3n) is 3.01. The molecule has 0 radical (unpaired) electrons. The fraction of sp³-hybridized carbons (Fsp3) is 0.267. The van der Waals surface area contributed by atoms with Crippen LogP contribution in [0.3, 0.4) is 0 Å². The Balaban J connectivity index is 2.19. The fourth-order valence-electron chi connectivity index (χ4n) is 1.90. The van der Waals surface area contributed by atoms with E-state index in [-0.39, 0.29) is 6.04 Å². The molecule has 1 aromatic carbocycles. The third kappa shape index (κ3) is 3.62. The van der Waals surface area contributed by atoms with Crippen molar-refractivity contribution in [3.63, 3.8) is 0 Å². The Hall–Kier alpha value is -1.25. The largest absolute Gasteiger partial charge is 0.377 e. The first-order valence-electron chi connectivity index (χ1n) is 6.24. The van der Waals surface area contributed by atoms with E-state index in [0.29, 0.717) is 10.0 Å². The summed E-state index contributed by atoms with van der Waals surface area (Å²) in [5, 5.41) is 4.62. The van der Waals surface area contributed by atoms with Crippen LogP contribution >= 0.6 is 23.2 Å². The summed E-state index contributed by atoms with van der Waals surface area (Å²) >= 11 is 12.0. The van der Waals surface area contributed by atoms with Gasteiger partial charge in [-0.05, 0) is 43.2 Å². The number of benzene rings is 1. The normalized spacial score (nSPS) is 12.2. The lowest BCUT2D eigenvalue weighted by Gasteiger charge is -2.19. The number of anilines is 1. The minimum Gasteiger partial charge on any atom is -0.377 e. The molecule has 19 heavy (non-hydrogen) atoms. The number of aryl methyl sites for hydroxylation is 1. The second kappa shape index (κ2) is 6.27. The van der Waals surface area contributed by atoms with E-state index in [4.69, 9.17) is 23.2 Å². The van der Waals surface area contributed by atoms with Crippen molar-refractivity contribution in [2.45, 2.75) is 26.3 Å². The van der Waals surface area contributed by atoms with Gasteiger partial charge in [-0.2, -0.15) is 0 Å². The molecule has 0 amide bonds. The van der Waals surface area contributed by atoms with Crippen LogP contribution in [0.2, 0.25) is 10.0 Å². The first-order valence-corrected chi connectivity index (χ1v) is 7.00. The average molecular weight is 295 g/mol. The fourth-order valence-corrected chi connectivity index (χ4v) is 2.21. The summed E-state index contributed by atoms with van der Waals surface area (Å²) in [5.74, 6) is 0. The number of rotatable bonds is 4. The van der Waals surface area contributed by atoms with Crippen molar-refractivity contribution in [3.8, 4) is 0 Å². The summed E-state index contributed by atoms with van der Waals surface area (Å²) in [7, 11) is 0. The van der Waals surface area contributed by atoms with Crippen molar-refractivity contribution in [2.75, 3.05) is 5.32 Å². The van der Waals surface area contributed by atoms with Gasteiger partial charge in [0, 0.05) is 5.69 Å². The Morgan fingerprint density at radius 3 is 2.53 bits per heavy atom. The van der Waals surface area contributed by atoms with Gasteiger partial charge in [-0.1, -0.05) is 36.2 Å². The summed E-state index contributed by atoms with van der Waals surface area (Å²) < 4.78 is 0. The number of pyridine rings is 1. The maximum absolute atomic E-state index is 6.07.